The van der Waals surface area contributed by atoms with E-state index in [1.54, 1.807) is 48.5 Å². The summed E-state index contributed by atoms with van der Waals surface area (Å²) < 4.78 is 5.74. The summed E-state index contributed by atoms with van der Waals surface area (Å²) in [6, 6.07) is 15.6. The number of hydrogen-bond acceptors (Lipinski definition) is 6. The van der Waals surface area contributed by atoms with E-state index in [1.807, 2.05) is 0 Å². The van der Waals surface area contributed by atoms with Gasteiger partial charge in [0.2, 0.25) is 0 Å². The molecule has 0 radical (unpaired) electrons. The SMILES string of the molecule is CCCCOc1ccc([C@@H]2[C@H](N3C(=O)c4ccc([N+](=O)[O-])cc4C3=O)C(=O)N2c2ccc(Cl)cc2)cc1. The summed E-state index contributed by atoms with van der Waals surface area (Å²) in [5.74, 6) is -1.17. The molecule has 1 fully saturated rings. The van der Waals surface area contributed by atoms with E-state index in [0.29, 0.717) is 28.6 Å². The number of nitrogens with zero attached hydrogens (tertiary/aromatic N) is 3. The van der Waals surface area contributed by atoms with Gasteiger partial charge in [0.15, 0.2) is 0 Å². The summed E-state index contributed by atoms with van der Waals surface area (Å²) in [6.45, 7) is 2.65. The molecule has 0 spiro atoms. The zero-order valence-corrected chi connectivity index (χ0v) is 20.6. The van der Waals surface area contributed by atoms with Crippen molar-refractivity contribution in [1.82, 2.24) is 4.90 Å². The van der Waals surface area contributed by atoms with E-state index < -0.39 is 34.7 Å². The molecule has 188 valence electrons. The number of β-lactam (4-membered cyclic amide) rings is 1. The van der Waals surface area contributed by atoms with Gasteiger partial charge in [0.05, 0.1) is 28.7 Å². The van der Waals surface area contributed by atoms with E-state index in [9.17, 15) is 24.5 Å². The minimum absolute atomic E-state index is 0.0340. The molecule has 2 aliphatic rings. The largest absolute Gasteiger partial charge is 0.494 e. The first kappa shape index (κ1) is 24.5. The van der Waals surface area contributed by atoms with Crippen LogP contribution in [-0.4, -0.2) is 40.2 Å². The van der Waals surface area contributed by atoms with Crippen molar-refractivity contribution in [1.29, 1.82) is 0 Å². The molecule has 2 aliphatic heterocycles. The third-order valence-corrected chi connectivity index (χ3v) is 6.80. The summed E-state index contributed by atoms with van der Waals surface area (Å²) in [7, 11) is 0. The summed E-state index contributed by atoms with van der Waals surface area (Å²) in [5.41, 5.74) is 0.901. The van der Waals surface area contributed by atoms with Crippen molar-refractivity contribution in [2.45, 2.75) is 31.8 Å². The average Bonchev–Trinajstić information content (AvgIpc) is 3.13. The Balaban J connectivity index is 1.51. The van der Waals surface area contributed by atoms with Crippen LogP contribution in [-0.2, 0) is 4.79 Å². The Bertz CT molecular complexity index is 1410. The number of rotatable bonds is 8. The molecule has 9 nitrogen and oxygen atoms in total. The van der Waals surface area contributed by atoms with Crippen molar-refractivity contribution < 1.29 is 24.0 Å². The highest BCUT2D eigenvalue weighted by atomic mass is 35.5. The van der Waals surface area contributed by atoms with Crippen molar-refractivity contribution in [3.63, 3.8) is 0 Å². The third-order valence-electron chi connectivity index (χ3n) is 6.55. The lowest BCUT2D eigenvalue weighted by molar-refractivity contribution is -0.384. The molecule has 10 heteroatoms. The molecule has 37 heavy (non-hydrogen) atoms. The molecular formula is C27H22ClN3O6. The number of anilines is 1. The predicted molar refractivity (Wildman–Crippen MR) is 136 cm³/mol. The van der Waals surface area contributed by atoms with E-state index in [1.165, 1.54) is 17.0 Å². The minimum Gasteiger partial charge on any atom is -0.494 e. The van der Waals surface area contributed by atoms with Crippen LogP contribution >= 0.6 is 11.6 Å². The summed E-state index contributed by atoms with van der Waals surface area (Å²) in [6.07, 6.45) is 1.92. The molecule has 0 aliphatic carbocycles. The number of hydrogen-bond donors (Lipinski definition) is 0. The fourth-order valence-corrected chi connectivity index (χ4v) is 4.78. The van der Waals surface area contributed by atoms with Gasteiger partial charge in [-0.1, -0.05) is 37.1 Å². The van der Waals surface area contributed by atoms with Gasteiger partial charge in [-0.3, -0.25) is 29.4 Å². The van der Waals surface area contributed by atoms with Crippen LogP contribution in [0.25, 0.3) is 0 Å². The smallest absolute Gasteiger partial charge is 0.270 e. The molecule has 3 aromatic rings. The van der Waals surface area contributed by atoms with Crippen LogP contribution in [0.4, 0.5) is 11.4 Å². The molecule has 0 bridgehead atoms. The highest BCUT2D eigenvalue weighted by molar-refractivity contribution is 6.30. The highest BCUT2D eigenvalue weighted by Crippen LogP contribution is 2.45. The maximum atomic E-state index is 13.5. The molecule has 2 atom stereocenters. The maximum Gasteiger partial charge on any atom is 0.270 e. The number of carbonyl (C=O) groups excluding carboxylic acids is 3. The molecule has 3 amide bonds. The molecule has 1 saturated heterocycles. The van der Waals surface area contributed by atoms with Gasteiger partial charge < -0.3 is 9.64 Å². The number of fused-ring (bicyclic) bond motifs is 1. The first-order chi connectivity index (χ1) is 17.8. The van der Waals surface area contributed by atoms with Crippen molar-refractivity contribution in [2.75, 3.05) is 11.5 Å². The lowest BCUT2D eigenvalue weighted by Gasteiger charge is -2.49. The van der Waals surface area contributed by atoms with Gasteiger partial charge in [-0.05, 0) is 54.4 Å². The molecular weight excluding hydrogens is 498 g/mol. The number of unbranched alkanes of at least 4 members (excludes halogenated alkanes) is 1. The van der Waals surface area contributed by atoms with Gasteiger partial charge in [-0.25, -0.2) is 0 Å². The van der Waals surface area contributed by atoms with E-state index in [-0.39, 0.29) is 16.8 Å². The Morgan fingerprint density at radius 2 is 1.57 bits per heavy atom. The number of halogens is 1. The first-order valence-corrected chi connectivity index (χ1v) is 12.2. The number of ether oxygens (including phenoxy) is 1. The van der Waals surface area contributed by atoms with E-state index in [2.05, 4.69) is 6.92 Å². The first-order valence-electron chi connectivity index (χ1n) is 11.8. The molecule has 0 aromatic heterocycles. The minimum atomic E-state index is -1.12. The lowest BCUT2D eigenvalue weighted by atomic mass is 9.86. The second-order valence-corrected chi connectivity index (χ2v) is 9.25. The Morgan fingerprint density at radius 1 is 0.892 bits per heavy atom. The van der Waals surface area contributed by atoms with Crippen LogP contribution in [0.2, 0.25) is 5.02 Å². The number of benzene rings is 3. The second-order valence-electron chi connectivity index (χ2n) is 8.81. The standard InChI is InChI=1S/C27H22ClN3O6/c1-2-3-14-37-20-11-4-16(5-12-20)23-24(27(34)29(23)18-8-6-17(28)7-9-18)30-25(32)21-13-10-19(31(35)36)15-22(21)26(30)33/h4-13,15,23-24H,2-3,14H2,1H3/t23-,24+/m1/s1. The molecule has 0 N–H and O–H groups in total. The Morgan fingerprint density at radius 3 is 2.22 bits per heavy atom. The fourth-order valence-electron chi connectivity index (χ4n) is 4.66. The number of nitro benzene ring substituents is 1. The molecule has 3 aromatic carbocycles. The van der Waals surface area contributed by atoms with Gasteiger partial charge in [-0.15, -0.1) is 0 Å². The molecule has 0 saturated carbocycles. The number of amides is 3. The second kappa shape index (κ2) is 9.67. The highest BCUT2D eigenvalue weighted by Gasteiger charge is 2.57. The zero-order chi connectivity index (χ0) is 26.3. The van der Waals surface area contributed by atoms with Gasteiger partial charge in [-0.2, -0.15) is 0 Å². The van der Waals surface area contributed by atoms with E-state index in [4.69, 9.17) is 16.3 Å². The van der Waals surface area contributed by atoms with Gasteiger partial charge in [0.1, 0.15) is 11.8 Å². The molecule has 2 heterocycles. The number of imide groups is 1. The van der Waals surface area contributed by atoms with Gasteiger partial charge in [0, 0.05) is 22.8 Å². The summed E-state index contributed by atoms with van der Waals surface area (Å²) >= 11 is 6.03. The van der Waals surface area contributed by atoms with Crippen LogP contribution in [0.15, 0.2) is 66.7 Å². The van der Waals surface area contributed by atoms with Crippen molar-refractivity contribution in [3.8, 4) is 5.75 Å². The van der Waals surface area contributed by atoms with Crippen molar-refractivity contribution in [3.05, 3.63) is 98.6 Å². The number of carbonyl (C=O) groups is 3. The van der Waals surface area contributed by atoms with Crippen LogP contribution in [0.5, 0.6) is 5.75 Å². The molecule has 5 rings (SSSR count). The van der Waals surface area contributed by atoms with E-state index in [0.717, 1.165) is 23.8 Å². The quantitative estimate of drug-likeness (QED) is 0.133. The lowest BCUT2D eigenvalue weighted by Crippen LogP contribution is -2.67. The molecule has 0 unspecified atom stereocenters. The van der Waals surface area contributed by atoms with Gasteiger partial charge in [0.25, 0.3) is 23.4 Å². The Kier molecular flexibility index (Phi) is 6.39. The Hall–Kier alpha value is -4.24. The fraction of sp³-hybridized carbons (Fsp3) is 0.222. The zero-order valence-electron chi connectivity index (χ0n) is 19.8. The number of non-ortho nitro benzene ring substituents is 1. The van der Waals surface area contributed by atoms with Crippen LogP contribution < -0.4 is 9.64 Å². The monoisotopic (exact) mass is 519 g/mol. The van der Waals surface area contributed by atoms with Crippen molar-refractivity contribution >= 4 is 40.7 Å². The average molecular weight is 520 g/mol. The predicted octanol–water partition coefficient (Wildman–Crippen LogP) is 5.18. The normalized spacial score (nSPS) is 18.6. The van der Waals surface area contributed by atoms with Crippen LogP contribution in [0, 0.1) is 10.1 Å². The summed E-state index contributed by atoms with van der Waals surface area (Å²) in [4.78, 5) is 53.1. The number of nitro groups is 1. The van der Waals surface area contributed by atoms with Crippen molar-refractivity contribution in [2.24, 2.45) is 0 Å². The van der Waals surface area contributed by atoms with Crippen LogP contribution in [0.3, 0.4) is 0 Å². The van der Waals surface area contributed by atoms with Gasteiger partial charge >= 0.3 is 0 Å². The maximum absolute atomic E-state index is 13.5. The summed E-state index contributed by atoms with van der Waals surface area (Å²) in [5, 5.41) is 11.7. The van der Waals surface area contributed by atoms with E-state index >= 15 is 0 Å². The van der Waals surface area contributed by atoms with Crippen LogP contribution in [0.1, 0.15) is 52.1 Å². The Labute approximate surface area is 217 Å². The topological polar surface area (TPSA) is 110 Å². The third kappa shape index (κ3) is 4.21.